The zero-order chi connectivity index (χ0) is 22.7. The van der Waals surface area contributed by atoms with Crippen LogP contribution in [0.15, 0.2) is 34.9 Å². The van der Waals surface area contributed by atoms with Gasteiger partial charge in [-0.05, 0) is 18.9 Å². The minimum absolute atomic E-state index is 0.0477. The second kappa shape index (κ2) is 7.82. The fourth-order valence-electron chi connectivity index (χ4n) is 6.24. The Balaban J connectivity index is 1.35. The summed E-state index contributed by atoms with van der Waals surface area (Å²) in [6.07, 6.45) is 7.64. The molecule has 3 aromatic rings. The van der Waals surface area contributed by atoms with Crippen LogP contribution in [0, 0.1) is 0 Å². The summed E-state index contributed by atoms with van der Waals surface area (Å²) in [5.74, 6) is 0.310. The van der Waals surface area contributed by atoms with Gasteiger partial charge < -0.3 is 24.2 Å². The summed E-state index contributed by atoms with van der Waals surface area (Å²) in [7, 11) is 0. The van der Waals surface area contributed by atoms with Gasteiger partial charge in [0.15, 0.2) is 17.3 Å². The van der Waals surface area contributed by atoms with Crippen molar-refractivity contribution in [2.24, 2.45) is 0 Å². The van der Waals surface area contributed by atoms with Gasteiger partial charge in [0.25, 0.3) is 0 Å². The number of aromatic nitrogens is 1. The van der Waals surface area contributed by atoms with Crippen LogP contribution < -0.4 is 10.2 Å². The summed E-state index contributed by atoms with van der Waals surface area (Å²) in [6.45, 7) is 2.96. The van der Waals surface area contributed by atoms with E-state index in [9.17, 15) is 4.79 Å². The predicted octanol–water partition coefficient (Wildman–Crippen LogP) is 5.13. The largest absolute Gasteiger partial charge is 0.382 e. The summed E-state index contributed by atoms with van der Waals surface area (Å²) in [5.41, 5.74) is 4.91. The van der Waals surface area contributed by atoms with Gasteiger partial charge in [-0.2, -0.15) is 0 Å². The second-order valence-corrected chi connectivity index (χ2v) is 10.0. The van der Waals surface area contributed by atoms with E-state index in [-0.39, 0.29) is 5.78 Å². The van der Waals surface area contributed by atoms with Crippen LogP contribution in [0.3, 0.4) is 0 Å². The molecule has 1 aromatic heterocycles. The molecule has 2 aromatic carbocycles. The van der Waals surface area contributed by atoms with E-state index in [1.54, 1.807) is 0 Å². The molecule has 0 radical (unpaired) electrons. The van der Waals surface area contributed by atoms with Gasteiger partial charge in [0.05, 0.1) is 29.9 Å². The van der Waals surface area contributed by atoms with Crippen molar-refractivity contribution in [2.75, 3.05) is 36.5 Å². The van der Waals surface area contributed by atoms with E-state index in [2.05, 4.69) is 21.4 Å². The topological polar surface area (TPSA) is 76.8 Å². The molecule has 7 nitrogen and oxygen atoms in total. The van der Waals surface area contributed by atoms with E-state index in [4.69, 9.17) is 14.0 Å². The first-order chi connectivity index (χ1) is 16.7. The number of hydrogen-bond acceptors (Lipinski definition) is 7. The quantitative estimate of drug-likeness (QED) is 0.455. The molecule has 0 bridgehead atoms. The molecule has 0 unspecified atom stereocenters. The lowest BCUT2D eigenvalue weighted by Crippen LogP contribution is -2.45. The number of ketones is 1. The van der Waals surface area contributed by atoms with Gasteiger partial charge in [0, 0.05) is 48.8 Å². The minimum atomic E-state index is -0.436. The molecule has 1 N–H and O–H groups in total. The Hall–Kier alpha value is -2.90. The van der Waals surface area contributed by atoms with Gasteiger partial charge >= 0.3 is 0 Å². The van der Waals surface area contributed by atoms with Gasteiger partial charge in [0.1, 0.15) is 5.52 Å². The number of nitrogens with zero attached hydrogens (tertiary/aromatic N) is 2. The third kappa shape index (κ3) is 3.10. The maximum atomic E-state index is 13.8. The van der Waals surface area contributed by atoms with Crippen molar-refractivity contribution in [3.8, 4) is 11.3 Å². The van der Waals surface area contributed by atoms with Crippen molar-refractivity contribution in [3.63, 3.8) is 0 Å². The zero-order valence-electron chi connectivity index (χ0n) is 19.3. The van der Waals surface area contributed by atoms with Gasteiger partial charge in [-0.1, -0.05) is 48.7 Å². The monoisotopic (exact) mass is 459 g/mol. The van der Waals surface area contributed by atoms with Crippen molar-refractivity contribution >= 4 is 28.1 Å². The van der Waals surface area contributed by atoms with Crippen LogP contribution in [0.5, 0.6) is 0 Å². The standard InChI is InChI=1S/C27H29N3O4/c31-25-18-8-4-5-9-19(18)26-23-22(25)20(28-17-6-2-1-3-7-17)16-21(24(23)29-34-26)30-12-10-27(11-13-30)32-14-15-33-27/h4-5,8-9,16-17,28H,1-3,6-7,10-15H2. The van der Waals surface area contributed by atoms with Crippen LogP contribution in [0.4, 0.5) is 11.4 Å². The van der Waals surface area contributed by atoms with Crippen molar-refractivity contribution in [3.05, 3.63) is 41.5 Å². The lowest BCUT2D eigenvalue weighted by atomic mass is 9.85. The Morgan fingerprint density at radius 1 is 1.00 bits per heavy atom. The summed E-state index contributed by atoms with van der Waals surface area (Å²) in [4.78, 5) is 16.1. The first-order valence-electron chi connectivity index (χ1n) is 12.6. The number of carbonyl (C=O) groups is 1. The van der Waals surface area contributed by atoms with Crippen LogP contribution in [0.2, 0.25) is 0 Å². The Labute approximate surface area is 198 Å². The van der Waals surface area contributed by atoms with Crippen LogP contribution in [0.25, 0.3) is 22.2 Å². The third-order valence-corrected chi connectivity index (χ3v) is 8.02. The summed E-state index contributed by atoms with van der Waals surface area (Å²) >= 11 is 0. The highest BCUT2D eigenvalue weighted by Crippen LogP contribution is 2.47. The van der Waals surface area contributed by atoms with E-state index in [1.807, 2.05) is 24.3 Å². The van der Waals surface area contributed by atoms with Crippen LogP contribution in [-0.4, -0.2) is 49.1 Å². The van der Waals surface area contributed by atoms with Gasteiger partial charge in [0.2, 0.25) is 0 Å². The number of hydrogen-bond donors (Lipinski definition) is 1. The average molecular weight is 460 g/mol. The molecule has 1 saturated carbocycles. The first kappa shape index (κ1) is 20.5. The van der Waals surface area contributed by atoms with Crippen LogP contribution in [0.1, 0.15) is 60.9 Å². The average Bonchev–Trinajstić information content (AvgIpc) is 3.52. The van der Waals surface area contributed by atoms with Crippen molar-refractivity contribution in [2.45, 2.75) is 56.8 Å². The molecule has 7 heteroatoms. The van der Waals surface area contributed by atoms with Crippen molar-refractivity contribution in [1.29, 1.82) is 0 Å². The van der Waals surface area contributed by atoms with Crippen molar-refractivity contribution < 1.29 is 18.8 Å². The predicted molar refractivity (Wildman–Crippen MR) is 129 cm³/mol. The molecule has 0 amide bonds. The molecule has 2 aliphatic heterocycles. The van der Waals surface area contributed by atoms with Gasteiger partial charge in [-0.15, -0.1) is 0 Å². The third-order valence-electron chi connectivity index (χ3n) is 8.02. The molecule has 2 saturated heterocycles. The molecule has 34 heavy (non-hydrogen) atoms. The highest BCUT2D eigenvalue weighted by atomic mass is 16.7. The molecule has 7 rings (SSSR count). The summed E-state index contributed by atoms with van der Waals surface area (Å²) in [6, 6.07) is 10.2. The molecule has 176 valence electrons. The fourth-order valence-corrected chi connectivity index (χ4v) is 6.24. The molecule has 3 fully saturated rings. The van der Waals surface area contributed by atoms with E-state index in [0.717, 1.165) is 66.6 Å². The summed E-state index contributed by atoms with van der Waals surface area (Å²) < 4.78 is 17.8. The fraction of sp³-hybridized carbons (Fsp3) is 0.481. The first-order valence-corrected chi connectivity index (χ1v) is 12.6. The number of ether oxygens (including phenoxy) is 2. The Bertz CT molecular complexity index is 1260. The summed E-state index contributed by atoms with van der Waals surface area (Å²) in [5, 5.41) is 9.12. The van der Waals surface area contributed by atoms with E-state index in [0.29, 0.717) is 36.1 Å². The molecule has 1 spiro atoms. The lowest BCUT2D eigenvalue weighted by molar-refractivity contribution is -0.169. The number of carbonyl (C=O) groups excluding carboxylic acids is 1. The normalized spacial score (nSPS) is 21.9. The molecule has 4 aliphatic rings. The highest BCUT2D eigenvalue weighted by Gasteiger charge is 2.41. The number of piperidine rings is 1. The molecule has 3 heterocycles. The molecule has 2 aliphatic carbocycles. The van der Waals surface area contributed by atoms with Crippen molar-refractivity contribution in [1.82, 2.24) is 5.16 Å². The van der Waals surface area contributed by atoms with E-state index < -0.39 is 5.79 Å². The lowest BCUT2D eigenvalue weighted by Gasteiger charge is -2.39. The molecular formula is C27H29N3O4. The maximum absolute atomic E-state index is 13.8. The smallest absolute Gasteiger partial charge is 0.196 e. The van der Waals surface area contributed by atoms with Gasteiger partial charge in [-0.25, -0.2) is 0 Å². The van der Waals surface area contributed by atoms with Crippen LogP contribution >= 0.6 is 0 Å². The van der Waals surface area contributed by atoms with Gasteiger partial charge in [-0.3, -0.25) is 4.79 Å². The Morgan fingerprint density at radius 3 is 2.50 bits per heavy atom. The Kier molecular flexibility index (Phi) is 4.71. The molecule has 0 atom stereocenters. The number of nitrogens with one attached hydrogen (secondary N) is 1. The Morgan fingerprint density at radius 2 is 1.74 bits per heavy atom. The number of rotatable bonds is 3. The SMILES string of the molecule is O=C1c2ccccc2-c2onc3c(N4CCC5(CC4)OCCO5)cc(NC4CCCCC4)c1c23. The van der Waals surface area contributed by atoms with Crippen LogP contribution in [-0.2, 0) is 9.47 Å². The van der Waals surface area contributed by atoms with E-state index >= 15 is 0 Å². The number of fused-ring (bicyclic) bond motifs is 2. The zero-order valence-corrected chi connectivity index (χ0v) is 19.3. The maximum Gasteiger partial charge on any atom is 0.196 e. The van der Waals surface area contributed by atoms with E-state index in [1.165, 1.54) is 19.3 Å². The molecular weight excluding hydrogens is 430 g/mol. The number of anilines is 2. The second-order valence-electron chi connectivity index (χ2n) is 10.0. The number of benzene rings is 2. The highest BCUT2D eigenvalue weighted by molar-refractivity contribution is 6.28. The minimum Gasteiger partial charge on any atom is -0.382 e.